The predicted octanol–water partition coefficient (Wildman–Crippen LogP) is 3.55. The summed E-state index contributed by atoms with van der Waals surface area (Å²) in [6.45, 7) is 4.00. The lowest BCUT2D eigenvalue weighted by atomic mass is 10.2. The Morgan fingerprint density at radius 1 is 1.29 bits per heavy atom. The van der Waals surface area contributed by atoms with Crippen LogP contribution < -0.4 is 4.74 Å². The molecule has 14 heavy (non-hydrogen) atoms. The van der Waals surface area contributed by atoms with E-state index in [-0.39, 0.29) is 0 Å². The van der Waals surface area contributed by atoms with Crippen LogP contribution in [0.25, 0.3) is 0 Å². The van der Waals surface area contributed by atoms with E-state index in [1.807, 2.05) is 43.5 Å². The highest BCUT2D eigenvalue weighted by Gasteiger charge is 2.00. The van der Waals surface area contributed by atoms with Crippen LogP contribution >= 0.6 is 11.3 Å². The Kier molecular flexibility index (Phi) is 2.50. The van der Waals surface area contributed by atoms with Crippen molar-refractivity contribution in [1.29, 1.82) is 0 Å². The highest BCUT2D eigenvalue weighted by molar-refractivity contribution is 7.11. The molecule has 0 aliphatic heterocycles. The molecule has 0 aliphatic carbocycles. The number of nitrogens with zero attached hydrogens (tertiary/aromatic N) is 1. The smallest absolute Gasteiger partial charge is 0.278 e. The lowest BCUT2D eigenvalue weighted by molar-refractivity contribution is 0.477. The summed E-state index contributed by atoms with van der Waals surface area (Å²) in [5, 5.41) is 2.68. The number of rotatable bonds is 2. The van der Waals surface area contributed by atoms with Crippen LogP contribution in [0.4, 0.5) is 0 Å². The van der Waals surface area contributed by atoms with E-state index in [9.17, 15) is 0 Å². The zero-order valence-corrected chi connectivity index (χ0v) is 8.97. The van der Waals surface area contributed by atoms with Gasteiger partial charge in [-0.15, -0.1) is 0 Å². The zero-order valence-electron chi connectivity index (χ0n) is 8.15. The molecule has 0 atom stereocenters. The molecule has 72 valence electrons. The lowest BCUT2D eigenvalue weighted by Gasteiger charge is -2.01. The predicted molar refractivity (Wildman–Crippen MR) is 58.1 cm³/mol. The Morgan fingerprint density at radius 2 is 2.14 bits per heavy atom. The minimum atomic E-state index is 0.702. The van der Waals surface area contributed by atoms with E-state index in [1.54, 1.807) is 0 Å². The molecule has 0 aliphatic rings. The van der Waals surface area contributed by atoms with Crippen LogP contribution in [0.3, 0.4) is 0 Å². The molecular formula is C11H11NOS. The van der Waals surface area contributed by atoms with Gasteiger partial charge in [0.15, 0.2) is 0 Å². The number of benzene rings is 1. The van der Waals surface area contributed by atoms with Crippen LogP contribution in [0.5, 0.6) is 10.9 Å². The Balaban J connectivity index is 2.18. The summed E-state index contributed by atoms with van der Waals surface area (Å²) in [6.07, 6.45) is 0. The molecule has 0 N–H and O–H groups in total. The first-order chi connectivity index (χ1) is 6.74. The summed E-state index contributed by atoms with van der Waals surface area (Å²) in [5.41, 5.74) is 2.19. The van der Waals surface area contributed by atoms with Gasteiger partial charge in [0, 0.05) is 5.38 Å². The molecule has 0 unspecified atom stereocenters. The van der Waals surface area contributed by atoms with Gasteiger partial charge in [0.2, 0.25) is 0 Å². The molecule has 1 aromatic heterocycles. The fourth-order valence-corrected chi connectivity index (χ4v) is 1.82. The van der Waals surface area contributed by atoms with Crippen molar-refractivity contribution in [2.24, 2.45) is 0 Å². The summed E-state index contributed by atoms with van der Waals surface area (Å²) in [7, 11) is 0. The third-order valence-corrected chi connectivity index (χ3v) is 2.63. The van der Waals surface area contributed by atoms with Crippen LogP contribution in [0.1, 0.15) is 11.3 Å². The highest BCUT2D eigenvalue weighted by Crippen LogP contribution is 2.25. The maximum absolute atomic E-state index is 5.59. The van der Waals surface area contributed by atoms with E-state index in [0.29, 0.717) is 5.19 Å². The maximum atomic E-state index is 5.59. The van der Waals surface area contributed by atoms with Crippen LogP contribution in [0.15, 0.2) is 29.6 Å². The minimum absolute atomic E-state index is 0.702. The van der Waals surface area contributed by atoms with Crippen LogP contribution in [-0.4, -0.2) is 4.98 Å². The molecule has 0 saturated heterocycles. The van der Waals surface area contributed by atoms with Gasteiger partial charge in [-0.3, -0.25) is 0 Å². The van der Waals surface area contributed by atoms with Gasteiger partial charge in [0.25, 0.3) is 5.19 Å². The molecule has 3 heteroatoms. The Labute approximate surface area is 87.2 Å². The quantitative estimate of drug-likeness (QED) is 0.748. The van der Waals surface area contributed by atoms with Gasteiger partial charge in [-0.2, -0.15) is 0 Å². The number of ether oxygens (including phenoxy) is 1. The standard InChI is InChI=1S/C11H11NOS/c1-8-4-3-5-10(6-8)13-11-12-9(2)7-14-11/h3-7H,1-2H3. The molecule has 1 heterocycles. The fourth-order valence-electron chi connectivity index (χ4n) is 1.16. The molecule has 0 spiro atoms. The van der Waals surface area contributed by atoms with E-state index >= 15 is 0 Å². The second-order valence-corrected chi connectivity index (χ2v) is 3.99. The fraction of sp³-hybridized carbons (Fsp3) is 0.182. The van der Waals surface area contributed by atoms with Gasteiger partial charge in [-0.25, -0.2) is 4.98 Å². The molecule has 0 amide bonds. The second kappa shape index (κ2) is 3.80. The van der Waals surface area contributed by atoms with Crippen LogP contribution in [-0.2, 0) is 0 Å². The first-order valence-electron chi connectivity index (χ1n) is 4.41. The monoisotopic (exact) mass is 205 g/mol. The topological polar surface area (TPSA) is 22.1 Å². The number of aromatic nitrogens is 1. The summed E-state index contributed by atoms with van der Waals surface area (Å²) in [6, 6.07) is 7.95. The van der Waals surface area contributed by atoms with Crippen molar-refractivity contribution in [2.75, 3.05) is 0 Å². The van der Waals surface area contributed by atoms with Crippen molar-refractivity contribution in [3.8, 4) is 10.9 Å². The Hall–Kier alpha value is -1.35. The van der Waals surface area contributed by atoms with Crippen molar-refractivity contribution >= 4 is 11.3 Å². The van der Waals surface area contributed by atoms with Crippen molar-refractivity contribution in [3.63, 3.8) is 0 Å². The average Bonchev–Trinajstić information content (AvgIpc) is 2.51. The van der Waals surface area contributed by atoms with Crippen molar-refractivity contribution in [3.05, 3.63) is 40.9 Å². The number of hydrogen-bond acceptors (Lipinski definition) is 3. The van der Waals surface area contributed by atoms with Crippen molar-refractivity contribution < 1.29 is 4.74 Å². The van der Waals surface area contributed by atoms with Crippen molar-refractivity contribution in [1.82, 2.24) is 4.98 Å². The molecule has 1 aromatic carbocycles. The van der Waals surface area contributed by atoms with E-state index in [2.05, 4.69) is 4.98 Å². The lowest BCUT2D eigenvalue weighted by Crippen LogP contribution is -1.83. The van der Waals surface area contributed by atoms with E-state index in [0.717, 1.165) is 11.4 Å². The first-order valence-corrected chi connectivity index (χ1v) is 5.28. The third kappa shape index (κ3) is 2.12. The van der Waals surface area contributed by atoms with Gasteiger partial charge >= 0.3 is 0 Å². The Bertz CT molecular complexity index is 436. The maximum Gasteiger partial charge on any atom is 0.278 e. The summed E-state index contributed by atoms with van der Waals surface area (Å²) in [4.78, 5) is 4.23. The number of thiazole rings is 1. The van der Waals surface area contributed by atoms with E-state index in [1.165, 1.54) is 16.9 Å². The highest BCUT2D eigenvalue weighted by atomic mass is 32.1. The number of aryl methyl sites for hydroxylation is 2. The summed E-state index contributed by atoms with van der Waals surface area (Å²) in [5.74, 6) is 0.847. The van der Waals surface area contributed by atoms with Gasteiger partial charge in [0.1, 0.15) is 5.75 Å². The summed E-state index contributed by atoms with van der Waals surface area (Å²) >= 11 is 1.52. The third-order valence-electron chi connectivity index (χ3n) is 1.79. The zero-order chi connectivity index (χ0) is 9.97. The average molecular weight is 205 g/mol. The molecule has 2 aromatic rings. The van der Waals surface area contributed by atoms with Gasteiger partial charge in [-0.1, -0.05) is 23.5 Å². The summed E-state index contributed by atoms with van der Waals surface area (Å²) < 4.78 is 5.59. The first kappa shape index (κ1) is 9.21. The largest absolute Gasteiger partial charge is 0.431 e. The Morgan fingerprint density at radius 3 is 2.79 bits per heavy atom. The van der Waals surface area contributed by atoms with Crippen LogP contribution in [0, 0.1) is 13.8 Å². The van der Waals surface area contributed by atoms with Gasteiger partial charge < -0.3 is 4.74 Å². The molecule has 0 saturated carbocycles. The molecule has 0 radical (unpaired) electrons. The molecular weight excluding hydrogens is 194 g/mol. The van der Waals surface area contributed by atoms with E-state index in [4.69, 9.17) is 4.74 Å². The second-order valence-electron chi connectivity index (χ2n) is 3.17. The van der Waals surface area contributed by atoms with E-state index < -0.39 is 0 Å². The minimum Gasteiger partial charge on any atom is -0.431 e. The van der Waals surface area contributed by atoms with Gasteiger partial charge in [0.05, 0.1) is 5.69 Å². The SMILES string of the molecule is Cc1cccc(Oc2nc(C)cs2)c1. The molecule has 2 rings (SSSR count). The molecule has 0 fully saturated rings. The molecule has 2 nitrogen and oxygen atoms in total. The van der Waals surface area contributed by atoms with Crippen molar-refractivity contribution in [2.45, 2.75) is 13.8 Å². The normalized spacial score (nSPS) is 10.1. The molecule has 0 bridgehead atoms. The van der Waals surface area contributed by atoms with Crippen LogP contribution in [0.2, 0.25) is 0 Å². The van der Waals surface area contributed by atoms with Gasteiger partial charge in [-0.05, 0) is 31.5 Å². The number of hydrogen-bond donors (Lipinski definition) is 0.